The fourth-order valence-corrected chi connectivity index (χ4v) is 1.49. The first-order valence-electron chi connectivity index (χ1n) is 3.62. The summed E-state index contributed by atoms with van der Waals surface area (Å²) in [6.45, 7) is 2.45. The maximum Gasteiger partial charge on any atom is 0.162 e. The van der Waals surface area contributed by atoms with Crippen LogP contribution in [0.2, 0.25) is 0 Å². The fourth-order valence-electron chi connectivity index (χ4n) is 1.17. The second-order valence-electron chi connectivity index (χ2n) is 2.78. The first-order chi connectivity index (χ1) is 5.70. The molecule has 2 rings (SSSR count). The van der Waals surface area contributed by atoms with Gasteiger partial charge in [0.15, 0.2) is 5.82 Å². The summed E-state index contributed by atoms with van der Waals surface area (Å²) in [6, 6.07) is 0. The standard InChI is InChI=1S/C8H7BrFNO/c1-4-2-11-8(9)7(10)6(4)5-3-12-5/h2,5H,3H2,1H3. The second kappa shape index (κ2) is 2.78. The number of rotatable bonds is 1. The third-order valence-corrected chi connectivity index (χ3v) is 2.42. The maximum atomic E-state index is 13.4. The lowest BCUT2D eigenvalue weighted by Gasteiger charge is -2.03. The molecule has 1 fully saturated rings. The van der Waals surface area contributed by atoms with Crippen LogP contribution in [-0.4, -0.2) is 11.6 Å². The van der Waals surface area contributed by atoms with Crippen LogP contribution in [0.25, 0.3) is 0 Å². The molecule has 2 heterocycles. The first-order valence-corrected chi connectivity index (χ1v) is 4.41. The van der Waals surface area contributed by atoms with Crippen LogP contribution in [0.15, 0.2) is 10.8 Å². The Labute approximate surface area is 77.9 Å². The highest BCUT2D eigenvalue weighted by atomic mass is 79.9. The SMILES string of the molecule is Cc1cnc(Br)c(F)c1C1CO1. The van der Waals surface area contributed by atoms with E-state index in [-0.39, 0.29) is 16.5 Å². The summed E-state index contributed by atoms with van der Waals surface area (Å²) in [7, 11) is 0. The van der Waals surface area contributed by atoms with Gasteiger partial charge in [-0.1, -0.05) is 0 Å². The van der Waals surface area contributed by atoms with Gasteiger partial charge < -0.3 is 4.74 Å². The van der Waals surface area contributed by atoms with Crippen molar-refractivity contribution in [2.45, 2.75) is 13.0 Å². The number of hydrogen-bond acceptors (Lipinski definition) is 2. The van der Waals surface area contributed by atoms with Crippen molar-refractivity contribution in [3.8, 4) is 0 Å². The molecule has 1 aliphatic rings. The van der Waals surface area contributed by atoms with Gasteiger partial charge >= 0.3 is 0 Å². The summed E-state index contributed by atoms with van der Waals surface area (Å²) in [4.78, 5) is 3.84. The zero-order valence-electron chi connectivity index (χ0n) is 6.47. The molecule has 0 spiro atoms. The maximum absolute atomic E-state index is 13.4. The Balaban J connectivity index is 2.55. The van der Waals surface area contributed by atoms with Gasteiger partial charge in [0.05, 0.1) is 6.61 Å². The van der Waals surface area contributed by atoms with Crippen molar-refractivity contribution >= 4 is 15.9 Å². The molecule has 2 nitrogen and oxygen atoms in total. The average Bonchev–Trinajstić information content (AvgIpc) is 2.81. The molecule has 1 saturated heterocycles. The van der Waals surface area contributed by atoms with E-state index in [0.29, 0.717) is 12.2 Å². The second-order valence-corrected chi connectivity index (χ2v) is 3.53. The smallest absolute Gasteiger partial charge is 0.162 e. The van der Waals surface area contributed by atoms with E-state index in [4.69, 9.17) is 4.74 Å². The average molecular weight is 232 g/mol. The van der Waals surface area contributed by atoms with Gasteiger partial charge in [-0.3, -0.25) is 0 Å². The molecule has 1 aliphatic heterocycles. The number of aromatic nitrogens is 1. The van der Waals surface area contributed by atoms with Gasteiger partial charge in [0.1, 0.15) is 10.7 Å². The van der Waals surface area contributed by atoms with Crippen molar-refractivity contribution in [3.63, 3.8) is 0 Å². The van der Waals surface area contributed by atoms with Crippen LogP contribution in [0.3, 0.4) is 0 Å². The number of aryl methyl sites for hydroxylation is 1. The van der Waals surface area contributed by atoms with Crippen molar-refractivity contribution in [1.82, 2.24) is 4.98 Å². The molecule has 0 bridgehead atoms. The molecule has 1 unspecified atom stereocenters. The molecule has 12 heavy (non-hydrogen) atoms. The van der Waals surface area contributed by atoms with Crippen LogP contribution < -0.4 is 0 Å². The van der Waals surface area contributed by atoms with E-state index >= 15 is 0 Å². The Bertz CT molecular complexity index is 325. The minimum Gasteiger partial charge on any atom is -0.368 e. The van der Waals surface area contributed by atoms with Gasteiger partial charge in [0.25, 0.3) is 0 Å². The summed E-state index contributed by atoms with van der Waals surface area (Å²) in [5.41, 5.74) is 1.48. The zero-order valence-corrected chi connectivity index (χ0v) is 8.06. The predicted molar refractivity (Wildman–Crippen MR) is 45.3 cm³/mol. The van der Waals surface area contributed by atoms with Gasteiger partial charge in [0.2, 0.25) is 0 Å². The number of epoxide rings is 1. The first kappa shape index (κ1) is 8.13. The summed E-state index contributed by atoms with van der Waals surface area (Å²) in [5, 5.41) is 0. The van der Waals surface area contributed by atoms with Crippen molar-refractivity contribution in [2.75, 3.05) is 6.61 Å². The van der Waals surface area contributed by atoms with Gasteiger partial charge in [-0.05, 0) is 28.4 Å². The van der Waals surface area contributed by atoms with Crippen molar-refractivity contribution in [1.29, 1.82) is 0 Å². The Morgan fingerprint density at radius 3 is 3.00 bits per heavy atom. The van der Waals surface area contributed by atoms with E-state index < -0.39 is 0 Å². The molecular formula is C8H7BrFNO. The number of pyridine rings is 1. The molecule has 0 aliphatic carbocycles. The quantitative estimate of drug-likeness (QED) is 0.548. The summed E-state index contributed by atoms with van der Waals surface area (Å²) < 4.78 is 18.6. The zero-order chi connectivity index (χ0) is 8.72. The monoisotopic (exact) mass is 231 g/mol. The summed E-state index contributed by atoms with van der Waals surface area (Å²) in [5.74, 6) is -0.294. The lowest BCUT2D eigenvalue weighted by molar-refractivity contribution is 0.406. The molecule has 1 aromatic rings. The van der Waals surface area contributed by atoms with E-state index in [9.17, 15) is 4.39 Å². The Morgan fingerprint density at radius 1 is 1.75 bits per heavy atom. The number of halogens is 2. The van der Waals surface area contributed by atoms with Crippen molar-refractivity contribution in [3.05, 3.63) is 27.7 Å². The summed E-state index contributed by atoms with van der Waals surface area (Å²) >= 11 is 3.03. The minimum atomic E-state index is -0.294. The van der Waals surface area contributed by atoms with E-state index in [0.717, 1.165) is 5.56 Å². The van der Waals surface area contributed by atoms with E-state index in [1.807, 2.05) is 6.92 Å². The van der Waals surface area contributed by atoms with Crippen LogP contribution in [-0.2, 0) is 4.74 Å². The Kier molecular flexibility index (Phi) is 1.88. The minimum absolute atomic E-state index is 0.0516. The van der Waals surface area contributed by atoms with E-state index in [1.165, 1.54) is 0 Å². The molecule has 4 heteroatoms. The van der Waals surface area contributed by atoms with E-state index in [1.54, 1.807) is 6.20 Å². The molecular weight excluding hydrogens is 225 g/mol. The predicted octanol–water partition coefficient (Wildman–Crippen LogP) is 2.36. The Hall–Kier alpha value is -0.480. The molecule has 0 amide bonds. The number of ether oxygens (including phenoxy) is 1. The number of hydrogen-bond donors (Lipinski definition) is 0. The highest BCUT2D eigenvalue weighted by Crippen LogP contribution is 2.35. The highest BCUT2D eigenvalue weighted by molar-refractivity contribution is 9.10. The van der Waals surface area contributed by atoms with Crippen LogP contribution >= 0.6 is 15.9 Å². The lowest BCUT2D eigenvalue weighted by Crippen LogP contribution is -1.96. The largest absolute Gasteiger partial charge is 0.368 e. The molecule has 64 valence electrons. The molecule has 0 saturated carbocycles. The number of nitrogens with zero attached hydrogens (tertiary/aromatic N) is 1. The van der Waals surface area contributed by atoms with E-state index in [2.05, 4.69) is 20.9 Å². The third-order valence-electron chi connectivity index (χ3n) is 1.87. The third kappa shape index (κ3) is 1.25. The molecule has 0 aromatic carbocycles. The van der Waals surface area contributed by atoms with Crippen LogP contribution in [0, 0.1) is 12.7 Å². The van der Waals surface area contributed by atoms with Crippen molar-refractivity contribution < 1.29 is 9.13 Å². The van der Waals surface area contributed by atoms with Gasteiger partial charge in [0, 0.05) is 11.8 Å². The van der Waals surface area contributed by atoms with Crippen LogP contribution in [0.5, 0.6) is 0 Å². The normalized spacial score (nSPS) is 21.1. The topological polar surface area (TPSA) is 25.4 Å². The van der Waals surface area contributed by atoms with Gasteiger partial charge in [-0.25, -0.2) is 9.37 Å². The van der Waals surface area contributed by atoms with Crippen molar-refractivity contribution in [2.24, 2.45) is 0 Å². The fraction of sp³-hybridized carbons (Fsp3) is 0.375. The summed E-state index contributed by atoms with van der Waals surface area (Å²) in [6.07, 6.45) is 1.59. The highest BCUT2D eigenvalue weighted by Gasteiger charge is 2.30. The lowest BCUT2D eigenvalue weighted by atomic mass is 10.1. The molecule has 0 N–H and O–H groups in total. The van der Waals surface area contributed by atoms with Gasteiger partial charge in [-0.2, -0.15) is 0 Å². The van der Waals surface area contributed by atoms with Gasteiger partial charge in [-0.15, -0.1) is 0 Å². The Morgan fingerprint density at radius 2 is 2.42 bits per heavy atom. The molecule has 1 aromatic heterocycles. The van der Waals surface area contributed by atoms with Crippen LogP contribution in [0.4, 0.5) is 4.39 Å². The van der Waals surface area contributed by atoms with Crippen LogP contribution in [0.1, 0.15) is 17.2 Å². The molecule has 1 atom stereocenters. The molecule has 0 radical (unpaired) electrons.